The van der Waals surface area contributed by atoms with Crippen LogP contribution in [0.15, 0.2) is 17.0 Å². The van der Waals surface area contributed by atoms with Crippen molar-refractivity contribution in [3.63, 3.8) is 0 Å². The molecule has 2 bridgehead atoms. The third kappa shape index (κ3) is 2.61. The summed E-state index contributed by atoms with van der Waals surface area (Å²) in [7, 11) is -3.53. The monoisotopic (exact) mass is 311 g/mol. The first-order valence-corrected chi connectivity index (χ1v) is 8.72. The van der Waals surface area contributed by atoms with Crippen molar-refractivity contribution < 1.29 is 18.3 Å². The van der Waals surface area contributed by atoms with Gasteiger partial charge in [-0.1, -0.05) is 6.07 Å². The number of rotatable bonds is 3. The zero-order valence-corrected chi connectivity index (χ0v) is 13.2. The minimum atomic E-state index is -3.53. The summed E-state index contributed by atoms with van der Waals surface area (Å²) in [6.45, 7) is 4.40. The van der Waals surface area contributed by atoms with E-state index in [0.29, 0.717) is 23.5 Å². The van der Waals surface area contributed by atoms with Gasteiger partial charge in [0.05, 0.1) is 23.7 Å². The highest BCUT2D eigenvalue weighted by atomic mass is 32.2. The van der Waals surface area contributed by atoms with Crippen molar-refractivity contribution in [2.24, 2.45) is 0 Å². The van der Waals surface area contributed by atoms with Crippen LogP contribution in [0.5, 0.6) is 0 Å². The number of nitrogens with zero attached hydrogens (tertiary/aromatic N) is 1. The van der Waals surface area contributed by atoms with E-state index < -0.39 is 10.0 Å². The Morgan fingerprint density at radius 2 is 1.86 bits per heavy atom. The summed E-state index contributed by atoms with van der Waals surface area (Å²) in [6.07, 6.45) is 1.93. The Morgan fingerprint density at radius 3 is 2.43 bits per heavy atom. The zero-order chi connectivity index (χ0) is 15.2. The number of benzene rings is 1. The highest BCUT2D eigenvalue weighted by Crippen LogP contribution is 2.31. The number of hydrogen-bond acceptors (Lipinski definition) is 4. The predicted octanol–water partition coefficient (Wildman–Crippen LogP) is 1.35. The summed E-state index contributed by atoms with van der Waals surface area (Å²) in [4.78, 5) is 0.313. The van der Waals surface area contributed by atoms with Crippen LogP contribution in [0.25, 0.3) is 0 Å². The van der Waals surface area contributed by atoms with Crippen LogP contribution >= 0.6 is 0 Å². The molecule has 0 saturated carbocycles. The summed E-state index contributed by atoms with van der Waals surface area (Å²) in [5, 5.41) is 9.32. The lowest BCUT2D eigenvalue weighted by Crippen LogP contribution is -2.45. The number of hydrogen-bond donors (Lipinski definition) is 1. The summed E-state index contributed by atoms with van der Waals surface area (Å²) in [6, 6.07) is 3.42. The molecule has 2 atom stereocenters. The molecule has 2 aliphatic heterocycles. The van der Waals surface area contributed by atoms with Crippen LogP contribution in [0.1, 0.15) is 29.5 Å². The first-order chi connectivity index (χ1) is 9.91. The molecule has 2 unspecified atom stereocenters. The standard InChI is InChI=1S/C15H21NO4S/c1-10-5-12(9-17)6-15(11(10)2)21(18,19)16-7-13-3-4-14(8-16)20-13/h5-6,13-14,17H,3-4,7-9H2,1-2H3. The van der Waals surface area contributed by atoms with Crippen molar-refractivity contribution in [1.82, 2.24) is 4.31 Å². The van der Waals surface area contributed by atoms with Gasteiger partial charge in [-0.2, -0.15) is 4.31 Å². The SMILES string of the molecule is Cc1cc(CO)cc(S(=O)(=O)N2CC3CCC(C2)O3)c1C. The van der Waals surface area contributed by atoms with Gasteiger partial charge in [-0.15, -0.1) is 0 Å². The van der Waals surface area contributed by atoms with Gasteiger partial charge in [-0.3, -0.25) is 0 Å². The lowest BCUT2D eigenvalue weighted by Gasteiger charge is -2.31. The molecule has 2 aliphatic rings. The predicted molar refractivity (Wildman–Crippen MR) is 78.5 cm³/mol. The fourth-order valence-corrected chi connectivity index (χ4v) is 5.02. The summed E-state index contributed by atoms with van der Waals surface area (Å²) in [5.74, 6) is 0. The van der Waals surface area contributed by atoms with Crippen LogP contribution in [-0.4, -0.2) is 43.1 Å². The minimum Gasteiger partial charge on any atom is -0.392 e. The highest BCUT2D eigenvalue weighted by Gasteiger charge is 2.39. The number of aliphatic hydroxyl groups is 1. The topological polar surface area (TPSA) is 66.8 Å². The third-order valence-electron chi connectivity index (χ3n) is 4.49. The Labute approximate surface area is 125 Å². The van der Waals surface area contributed by atoms with Crippen LogP contribution in [-0.2, 0) is 21.4 Å². The Bertz CT molecular complexity index is 644. The van der Waals surface area contributed by atoms with Crippen molar-refractivity contribution in [2.75, 3.05) is 13.1 Å². The molecule has 21 heavy (non-hydrogen) atoms. The first kappa shape index (κ1) is 15.0. The van der Waals surface area contributed by atoms with Crippen LogP contribution in [0.4, 0.5) is 0 Å². The number of ether oxygens (including phenoxy) is 1. The first-order valence-electron chi connectivity index (χ1n) is 7.28. The lowest BCUT2D eigenvalue weighted by atomic mass is 10.1. The molecule has 0 aliphatic carbocycles. The lowest BCUT2D eigenvalue weighted by molar-refractivity contribution is -0.0114. The van der Waals surface area contributed by atoms with Gasteiger partial charge in [-0.05, 0) is 49.4 Å². The van der Waals surface area contributed by atoms with E-state index >= 15 is 0 Å². The quantitative estimate of drug-likeness (QED) is 0.915. The molecule has 0 amide bonds. The van der Waals surface area contributed by atoms with Gasteiger partial charge in [0, 0.05) is 13.1 Å². The smallest absolute Gasteiger partial charge is 0.243 e. The molecular formula is C15H21NO4S. The van der Waals surface area contributed by atoms with E-state index in [4.69, 9.17) is 4.74 Å². The summed E-state index contributed by atoms with van der Waals surface area (Å²) >= 11 is 0. The van der Waals surface area contributed by atoms with E-state index in [2.05, 4.69) is 0 Å². The van der Waals surface area contributed by atoms with Gasteiger partial charge in [0.25, 0.3) is 0 Å². The van der Waals surface area contributed by atoms with Crippen LogP contribution in [0, 0.1) is 13.8 Å². The average molecular weight is 311 g/mol. The molecular weight excluding hydrogens is 290 g/mol. The van der Waals surface area contributed by atoms with E-state index in [1.165, 1.54) is 0 Å². The minimum absolute atomic E-state index is 0.0287. The maximum absolute atomic E-state index is 12.9. The average Bonchev–Trinajstić information content (AvgIpc) is 2.79. The maximum Gasteiger partial charge on any atom is 0.243 e. The molecule has 3 rings (SSSR count). The Hall–Kier alpha value is -0.950. The largest absolute Gasteiger partial charge is 0.392 e. The molecule has 2 saturated heterocycles. The molecule has 5 nitrogen and oxygen atoms in total. The molecule has 2 heterocycles. The molecule has 6 heteroatoms. The number of aryl methyl sites for hydroxylation is 1. The second-order valence-electron chi connectivity index (χ2n) is 5.97. The molecule has 0 aromatic heterocycles. The molecule has 116 valence electrons. The van der Waals surface area contributed by atoms with Gasteiger partial charge in [0.1, 0.15) is 0 Å². The summed E-state index contributed by atoms with van der Waals surface area (Å²) < 4.78 is 33.1. The third-order valence-corrected chi connectivity index (χ3v) is 6.45. The number of morpholine rings is 1. The van der Waals surface area contributed by atoms with E-state index in [1.807, 2.05) is 19.9 Å². The molecule has 0 spiro atoms. The van der Waals surface area contributed by atoms with Crippen LogP contribution in [0.2, 0.25) is 0 Å². The number of fused-ring (bicyclic) bond motifs is 2. The van der Waals surface area contributed by atoms with Crippen LogP contribution < -0.4 is 0 Å². The van der Waals surface area contributed by atoms with Gasteiger partial charge < -0.3 is 9.84 Å². The van der Waals surface area contributed by atoms with Crippen molar-refractivity contribution in [3.8, 4) is 0 Å². The van der Waals surface area contributed by atoms with E-state index in [9.17, 15) is 13.5 Å². The molecule has 1 aromatic carbocycles. The number of sulfonamides is 1. The molecule has 2 fully saturated rings. The maximum atomic E-state index is 12.9. The van der Waals surface area contributed by atoms with Crippen molar-refractivity contribution in [2.45, 2.75) is 50.4 Å². The Kier molecular flexibility index (Phi) is 3.81. The molecule has 1 N–H and O–H groups in total. The molecule has 0 radical (unpaired) electrons. The second kappa shape index (κ2) is 5.35. The van der Waals surface area contributed by atoms with Gasteiger partial charge in [-0.25, -0.2) is 8.42 Å². The van der Waals surface area contributed by atoms with Gasteiger partial charge in [0.15, 0.2) is 0 Å². The van der Waals surface area contributed by atoms with Crippen LogP contribution in [0.3, 0.4) is 0 Å². The van der Waals surface area contributed by atoms with E-state index in [0.717, 1.165) is 24.0 Å². The van der Waals surface area contributed by atoms with Crippen molar-refractivity contribution in [3.05, 3.63) is 28.8 Å². The number of aliphatic hydroxyl groups excluding tert-OH is 1. The zero-order valence-electron chi connectivity index (χ0n) is 12.4. The second-order valence-corrected chi connectivity index (χ2v) is 7.88. The van der Waals surface area contributed by atoms with E-state index in [1.54, 1.807) is 10.4 Å². The van der Waals surface area contributed by atoms with Gasteiger partial charge >= 0.3 is 0 Å². The normalized spacial score (nSPS) is 26.2. The van der Waals surface area contributed by atoms with Crippen molar-refractivity contribution >= 4 is 10.0 Å². The summed E-state index contributed by atoms with van der Waals surface area (Å²) in [5.41, 5.74) is 2.27. The molecule has 1 aromatic rings. The Morgan fingerprint density at radius 1 is 1.24 bits per heavy atom. The fraction of sp³-hybridized carbons (Fsp3) is 0.600. The van der Waals surface area contributed by atoms with Gasteiger partial charge in [0.2, 0.25) is 10.0 Å². The Balaban J connectivity index is 2.00. The highest BCUT2D eigenvalue weighted by molar-refractivity contribution is 7.89. The van der Waals surface area contributed by atoms with E-state index in [-0.39, 0.29) is 18.8 Å². The fourth-order valence-electron chi connectivity index (χ4n) is 3.17. The van der Waals surface area contributed by atoms with Crippen molar-refractivity contribution in [1.29, 1.82) is 0 Å².